The Morgan fingerprint density at radius 1 is 0.875 bits per heavy atom. The summed E-state index contributed by atoms with van der Waals surface area (Å²) in [6.45, 7) is 1.55. The van der Waals surface area contributed by atoms with Crippen LogP contribution in [-0.4, -0.2) is 25.7 Å². The molecule has 0 radical (unpaired) electrons. The number of benzene rings is 2. The molecule has 0 aliphatic heterocycles. The van der Waals surface area contributed by atoms with Gasteiger partial charge in [0.15, 0.2) is 0 Å². The third-order valence-corrected chi connectivity index (χ3v) is 3.29. The van der Waals surface area contributed by atoms with E-state index in [0.717, 1.165) is 5.75 Å². The van der Waals surface area contributed by atoms with Crippen LogP contribution in [0.4, 0.5) is 4.39 Å². The summed E-state index contributed by atoms with van der Waals surface area (Å²) in [6, 6.07) is 15.4. The van der Waals surface area contributed by atoms with Gasteiger partial charge in [-0.25, -0.2) is 4.39 Å². The molecule has 2 rings (SSSR count). The first-order valence-electron chi connectivity index (χ1n) is 8.07. The summed E-state index contributed by atoms with van der Waals surface area (Å²) in [4.78, 5) is 11.7. The predicted molar refractivity (Wildman–Crippen MR) is 90.7 cm³/mol. The lowest BCUT2D eigenvalue weighted by atomic mass is 10.3. The lowest BCUT2D eigenvalue weighted by molar-refractivity contribution is -0.121. The minimum absolute atomic E-state index is 0.00782. The van der Waals surface area contributed by atoms with Crippen LogP contribution in [0.3, 0.4) is 0 Å². The van der Waals surface area contributed by atoms with Crippen LogP contribution in [0.2, 0.25) is 0 Å². The molecule has 2 aromatic rings. The van der Waals surface area contributed by atoms with E-state index in [-0.39, 0.29) is 11.7 Å². The molecule has 0 spiro atoms. The normalized spacial score (nSPS) is 10.2. The molecule has 0 aromatic heterocycles. The van der Waals surface area contributed by atoms with Crippen LogP contribution in [0.1, 0.15) is 19.3 Å². The number of amides is 1. The van der Waals surface area contributed by atoms with Crippen LogP contribution >= 0.6 is 0 Å². The highest BCUT2D eigenvalue weighted by molar-refractivity contribution is 5.75. The van der Waals surface area contributed by atoms with Crippen molar-refractivity contribution < 1.29 is 18.7 Å². The molecule has 2 aromatic carbocycles. The number of carbonyl (C=O) groups excluding carboxylic acids is 1. The summed E-state index contributed by atoms with van der Waals surface area (Å²) in [6.07, 6.45) is 1.81. The van der Waals surface area contributed by atoms with E-state index in [9.17, 15) is 9.18 Å². The molecule has 0 bridgehead atoms. The molecule has 0 aliphatic rings. The molecule has 128 valence electrons. The smallest absolute Gasteiger partial charge is 0.220 e. The van der Waals surface area contributed by atoms with Crippen LogP contribution in [0.15, 0.2) is 54.6 Å². The molecule has 0 atom stereocenters. The molecule has 0 heterocycles. The van der Waals surface area contributed by atoms with Crippen LogP contribution in [-0.2, 0) is 4.79 Å². The number of para-hydroxylation sites is 1. The predicted octanol–water partition coefficient (Wildman–Crippen LogP) is 3.57. The number of hydrogen-bond acceptors (Lipinski definition) is 3. The van der Waals surface area contributed by atoms with Crippen LogP contribution < -0.4 is 14.8 Å². The van der Waals surface area contributed by atoms with Gasteiger partial charge in [-0.05, 0) is 49.2 Å². The maximum atomic E-state index is 12.7. The highest BCUT2D eigenvalue weighted by Crippen LogP contribution is 2.11. The zero-order chi connectivity index (χ0) is 17.0. The third kappa shape index (κ3) is 7.13. The van der Waals surface area contributed by atoms with Crippen molar-refractivity contribution in [1.82, 2.24) is 5.32 Å². The lowest BCUT2D eigenvalue weighted by Gasteiger charge is -2.08. The fraction of sp³-hybridized carbons (Fsp3) is 0.316. The highest BCUT2D eigenvalue weighted by atomic mass is 19.1. The summed E-state index contributed by atoms with van der Waals surface area (Å²) in [5.41, 5.74) is 0. The Bertz CT molecular complexity index is 602. The van der Waals surface area contributed by atoms with Crippen molar-refractivity contribution in [3.8, 4) is 11.5 Å². The number of halogens is 1. The third-order valence-electron chi connectivity index (χ3n) is 3.29. The Balaban J connectivity index is 1.47. The van der Waals surface area contributed by atoms with Gasteiger partial charge in [0.25, 0.3) is 0 Å². The molecule has 5 heteroatoms. The zero-order valence-electron chi connectivity index (χ0n) is 13.5. The van der Waals surface area contributed by atoms with Crippen LogP contribution in [0, 0.1) is 5.82 Å². The second kappa shape index (κ2) is 10.3. The summed E-state index contributed by atoms with van der Waals surface area (Å²) in [5.74, 6) is 1.16. The number of hydrogen-bond donors (Lipinski definition) is 1. The molecule has 0 aliphatic carbocycles. The first-order valence-corrected chi connectivity index (χ1v) is 8.07. The van der Waals surface area contributed by atoms with E-state index in [1.165, 1.54) is 12.1 Å². The monoisotopic (exact) mass is 331 g/mol. The molecule has 4 nitrogen and oxygen atoms in total. The van der Waals surface area contributed by atoms with E-state index in [4.69, 9.17) is 9.47 Å². The van der Waals surface area contributed by atoms with Crippen LogP contribution in [0.25, 0.3) is 0 Å². The van der Waals surface area contributed by atoms with Gasteiger partial charge in [0, 0.05) is 13.0 Å². The van der Waals surface area contributed by atoms with Crippen molar-refractivity contribution in [2.45, 2.75) is 19.3 Å². The van der Waals surface area contributed by atoms with Crippen molar-refractivity contribution in [3.63, 3.8) is 0 Å². The quantitative estimate of drug-likeness (QED) is 0.677. The van der Waals surface area contributed by atoms with Crippen molar-refractivity contribution in [1.29, 1.82) is 0 Å². The van der Waals surface area contributed by atoms with Gasteiger partial charge in [-0.2, -0.15) is 0 Å². The Morgan fingerprint density at radius 2 is 1.50 bits per heavy atom. The number of ether oxygens (including phenoxy) is 2. The van der Waals surface area contributed by atoms with Gasteiger partial charge in [0.2, 0.25) is 5.91 Å². The van der Waals surface area contributed by atoms with E-state index < -0.39 is 0 Å². The van der Waals surface area contributed by atoms with Gasteiger partial charge in [-0.1, -0.05) is 18.2 Å². The average molecular weight is 331 g/mol. The van der Waals surface area contributed by atoms with E-state index >= 15 is 0 Å². The van der Waals surface area contributed by atoms with E-state index in [0.29, 0.717) is 44.8 Å². The summed E-state index contributed by atoms with van der Waals surface area (Å²) in [7, 11) is 0. The second-order valence-electron chi connectivity index (χ2n) is 5.27. The van der Waals surface area contributed by atoms with Gasteiger partial charge in [0.05, 0.1) is 13.2 Å². The molecule has 0 fully saturated rings. The summed E-state index contributed by atoms with van der Waals surface area (Å²) < 4.78 is 23.7. The van der Waals surface area contributed by atoms with Gasteiger partial charge in [-0.3, -0.25) is 4.79 Å². The maximum Gasteiger partial charge on any atom is 0.220 e. The SMILES string of the molecule is O=C(CCCOc1ccccc1)NCCCOc1ccc(F)cc1. The van der Waals surface area contributed by atoms with E-state index in [1.807, 2.05) is 30.3 Å². The largest absolute Gasteiger partial charge is 0.494 e. The fourth-order valence-corrected chi connectivity index (χ4v) is 2.05. The van der Waals surface area contributed by atoms with E-state index in [1.54, 1.807) is 12.1 Å². The second-order valence-corrected chi connectivity index (χ2v) is 5.27. The topological polar surface area (TPSA) is 47.6 Å². The Morgan fingerprint density at radius 3 is 2.21 bits per heavy atom. The maximum absolute atomic E-state index is 12.7. The minimum atomic E-state index is -0.286. The van der Waals surface area contributed by atoms with Crippen molar-refractivity contribution >= 4 is 5.91 Å². The molecule has 0 saturated heterocycles. The first kappa shape index (κ1) is 17.8. The standard InChI is InChI=1S/C19H22FNO3/c20-16-9-11-18(12-10-16)24-15-5-13-21-19(22)8-4-14-23-17-6-2-1-3-7-17/h1-3,6-7,9-12H,4-5,8,13-15H2,(H,21,22). The number of rotatable bonds is 10. The van der Waals surface area contributed by atoms with Gasteiger partial charge < -0.3 is 14.8 Å². The molecular formula is C19H22FNO3. The van der Waals surface area contributed by atoms with Crippen molar-refractivity contribution in [2.75, 3.05) is 19.8 Å². The number of nitrogens with one attached hydrogen (secondary N) is 1. The molecular weight excluding hydrogens is 309 g/mol. The first-order chi connectivity index (χ1) is 11.7. The molecule has 1 amide bonds. The van der Waals surface area contributed by atoms with Crippen LogP contribution in [0.5, 0.6) is 11.5 Å². The molecule has 1 N–H and O–H groups in total. The summed E-state index contributed by atoms with van der Waals surface area (Å²) in [5, 5.41) is 2.84. The lowest BCUT2D eigenvalue weighted by Crippen LogP contribution is -2.25. The van der Waals surface area contributed by atoms with Gasteiger partial charge in [0.1, 0.15) is 17.3 Å². The number of carbonyl (C=O) groups is 1. The Hall–Kier alpha value is -2.56. The Labute approximate surface area is 141 Å². The van der Waals surface area contributed by atoms with Crippen molar-refractivity contribution in [2.24, 2.45) is 0 Å². The fourth-order valence-electron chi connectivity index (χ4n) is 2.05. The Kier molecular flexibility index (Phi) is 7.60. The van der Waals surface area contributed by atoms with Gasteiger partial charge >= 0.3 is 0 Å². The molecule has 0 unspecified atom stereocenters. The highest BCUT2D eigenvalue weighted by Gasteiger charge is 2.01. The zero-order valence-corrected chi connectivity index (χ0v) is 13.5. The molecule has 0 saturated carbocycles. The average Bonchev–Trinajstić information content (AvgIpc) is 2.61. The van der Waals surface area contributed by atoms with E-state index in [2.05, 4.69) is 5.32 Å². The minimum Gasteiger partial charge on any atom is -0.494 e. The molecule has 24 heavy (non-hydrogen) atoms. The van der Waals surface area contributed by atoms with Gasteiger partial charge in [-0.15, -0.1) is 0 Å². The summed E-state index contributed by atoms with van der Waals surface area (Å²) >= 11 is 0. The van der Waals surface area contributed by atoms with Crippen molar-refractivity contribution in [3.05, 3.63) is 60.4 Å².